The Morgan fingerprint density at radius 2 is 2.41 bits per heavy atom. The molecule has 0 radical (unpaired) electrons. The average molecular weight is 242 g/mol. The molecule has 1 unspecified atom stereocenters. The van der Waals surface area contributed by atoms with Gasteiger partial charge in [0.25, 0.3) is 0 Å². The summed E-state index contributed by atoms with van der Waals surface area (Å²) in [7, 11) is 1.39. The topological polar surface area (TPSA) is 44.8 Å². The Balaban J connectivity index is 2.37. The molecule has 1 rings (SSSR count). The summed E-state index contributed by atoms with van der Waals surface area (Å²) >= 11 is 0. The number of ether oxygens (including phenoxy) is 3. The van der Waals surface area contributed by atoms with Crippen LogP contribution in [0.3, 0.4) is 0 Å². The second-order valence-corrected chi connectivity index (χ2v) is 4.20. The van der Waals surface area contributed by atoms with Gasteiger partial charge in [-0.05, 0) is 32.1 Å². The number of hydrogen-bond acceptors (Lipinski definition) is 4. The van der Waals surface area contributed by atoms with Gasteiger partial charge in [0.15, 0.2) is 6.29 Å². The molecule has 0 aromatic rings. The van der Waals surface area contributed by atoms with Gasteiger partial charge in [0, 0.05) is 6.61 Å². The van der Waals surface area contributed by atoms with Crippen LogP contribution in [0.15, 0.2) is 12.7 Å². The summed E-state index contributed by atoms with van der Waals surface area (Å²) < 4.78 is 16.0. The third-order valence-corrected chi connectivity index (χ3v) is 2.80. The van der Waals surface area contributed by atoms with E-state index in [0.717, 1.165) is 38.7 Å². The van der Waals surface area contributed by atoms with E-state index in [1.165, 1.54) is 7.11 Å². The Kier molecular flexibility index (Phi) is 6.89. The van der Waals surface area contributed by atoms with E-state index in [1.807, 2.05) is 6.08 Å². The summed E-state index contributed by atoms with van der Waals surface area (Å²) in [5.41, 5.74) is 0. The standard InChI is InChI=1S/C13H22O4/c1-3-4-7-11(10-12(14)15-2)17-13-8-5-6-9-16-13/h3,11,13H,1,4-10H2,2H3/t11?,13-/m1/s1. The lowest BCUT2D eigenvalue weighted by molar-refractivity contribution is -0.193. The van der Waals surface area contributed by atoms with Crippen molar-refractivity contribution in [1.82, 2.24) is 0 Å². The second-order valence-electron chi connectivity index (χ2n) is 4.20. The van der Waals surface area contributed by atoms with Crippen molar-refractivity contribution in [3.05, 3.63) is 12.7 Å². The highest BCUT2D eigenvalue weighted by molar-refractivity contribution is 5.69. The fraction of sp³-hybridized carbons (Fsp3) is 0.769. The molecule has 1 fully saturated rings. The summed E-state index contributed by atoms with van der Waals surface area (Å²) in [6.07, 6.45) is 6.54. The second kappa shape index (κ2) is 8.25. The van der Waals surface area contributed by atoms with Crippen molar-refractivity contribution < 1.29 is 19.0 Å². The van der Waals surface area contributed by atoms with Crippen LogP contribution >= 0.6 is 0 Å². The van der Waals surface area contributed by atoms with Gasteiger partial charge >= 0.3 is 5.97 Å². The van der Waals surface area contributed by atoms with Crippen molar-refractivity contribution in [1.29, 1.82) is 0 Å². The summed E-state index contributed by atoms with van der Waals surface area (Å²) in [5, 5.41) is 0. The largest absolute Gasteiger partial charge is 0.469 e. The number of allylic oxidation sites excluding steroid dienone is 1. The predicted octanol–water partition coefficient (Wildman–Crippen LogP) is 2.43. The fourth-order valence-electron chi connectivity index (χ4n) is 1.82. The van der Waals surface area contributed by atoms with Crippen LogP contribution in [0.4, 0.5) is 0 Å². The Bertz CT molecular complexity index is 234. The van der Waals surface area contributed by atoms with Crippen LogP contribution in [-0.2, 0) is 19.0 Å². The Hall–Kier alpha value is -0.870. The first-order valence-electron chi connectivity index (χ1n) is 6.21. The van der Waals surface area contributed by atoms with E-state index in [2.05, 4.69) is 11.3 Å². The zero-order valence-electron chi connectivity index (χ0n) is 10.5. The van der Waals surface area contributed by atoms with Crippen LogP contribution in [0.2, 0.25) is 0 Å². The van der Waals surface area contributed by atoms with E-state index in [0.29, 0.717) is 0 Å². The zero-order chi connectivity index (χ0) is 12.5. The van der Waals surface area contributed by atoms with Crippen molar-refractivity contribution in [3.8, 4) is 0 Å². The van der Waals surface area contributed by atoms with E-state index in [-0.39, 0.29) is 24.8 Å². The van der Waals surface area contributed by atoms with E-state index in [4.69, 9.17) is 9.47 Å². The van der Waals surface area contributed by atoms with Crippen LogP contribution in [0.25, 0.3) is 0 Å². The number of esters is 1. The molecule has 0 saturated carbocycles. The smallest absolute Gasteiger partial charge is 0.308 e. The molecular formula is C13H22O4. The molecule has 17 heavy (non-hydrogen) atoms. The molecule has 4 nitrogen and oxygen atoms in total. The average Bonchev–Trinajstić information content (AvgIpc) is 2.37. The molecule has 1 saturated heterocycles. The third-order valence-electron chi connectivity index (χ3n) is 2.80. The zero-order valence-corrected chi connectivity index (χ0v) is 10.5. The van der Waals surface area contributed by atoms with Crippen molar-refractivity contribution in [2.75, 3.05) is 13.7 Å². The van der Waals surface area contributed by atoms with Crippen molar-refractivity contribution in [2.45, 2.75) is 50.9 Å². The van der Waals surface area contributed by atoms with E-state index in [9.17, 15) is 4.79 Å². The molecule has 4 heteroatoms. The summed E-state index contributed by atoms with van der Waals surface area (Å²) in [5.74, 6) is -0.241. The number of hydrogen-bond donors (Lipinski definition) is 0. The lowest BCUT2D eigenvalue weighted by Crippen LogP contribution is -2.29. The monoisotopic (exact) mass is 242 g/mol. The third kappa shape index (κ3) is 5.84. The fourth-order valence-corrected chi connectivity index (χ4v) is 1.82. The van der Waals surface area contributed by atoms with Crippen LogP contribution in [0, 0.1) is 0 Å². The van der Waals surface area contributed by atoms with Gasteiger partial charge in [0.1, 0.15) is 0 Å². The number of methoxy groups -OCH3 is 1. The first-order chi connectivity index (χ1) is 8.26. The van der Waals surface area contributed by atoms with Crippen molar-refractivity contribution in [2.24, 2.45) is 0 Å². The van der Waals surface area contributed by atoms with E-state index in [1.54, 1.807) is 0 Å². The maximum Gasteiger partial charge on any atom is 0.308 e. The van der Waals surface area contributed by atoms with Gasteiger partial charge in [-0.3, -0.25) is 4.79 Å². The minimum atomic E-state index is -0.241. The van der Waals surface area contributed by atoms with Crippen molar-refractivity contribution in [3.63, 3.8) is 0 Å². The first-order valence-corrected chi connectivity index (χ1v) is 6.21. The molecule has 0 aromatic carbocycles. The Morgan fingerprint density at radius 3 is 3.00 bits per heavy atom. The molecule has 1 aliphatic heterocycles. The van der Waals surface area contributed by atoms with Gasteiger partial charge in [-0.2, -0.15) is 0 Å². The molecule has 1 aliphatic rings. The van der Waals surface area contributed by atoms with Crippen LogP contribution in [0.1, 0.15) is 38.5 Å². The molecule has 0 bridgehead atoms. The molecular weight excluding hydrogens is 220 g/mol. The summed E-state index contributed by atoms with van der Waals surface area (Å²) in [6, 6.07) is 0. The maximum absolute atomic E-state index is 11.3. The van der Waals surface area contributed by atoms with E-state index >= 15 is 0 Å². The first kappa shape index (κ1) is 14.2. The summed E-state index contributed by atoms with van der Waals surface area (Å²) in [4.78, 5) is 11.3. The number of rotatable bonds is 7. The van der Waals surface area contributed by atoms with Crippen molar-refractivity contribution >= 4 is 5.97 Å². The highest BCUT2D eigenvalue weighted by Crippen LogP contribution is 2.19. The predicted molar refractivity (Wildman–Crippen MR) is 64.5 cm³/mol. The normalized spacial score (nSPS) is 21.8. The molecule has 0 aliphatic carbocycles. The Morgan fingerprint density at radius 1 is 1.59 bits per heavy atom. The molecule has 98 valence electrons. The number of carbonyl (C=O) groups is 1. The van der Waals surface area contributed by atoms with Crippen LogP contribution in [-0.4, -0.2) is 32.1 Å². The van der Waals surface area contributed by atoms with E-state index < -0.39 is 0 Å². The van der Waals surface area contributed by atoms with Crippen LogP contribution in [0.5, 0.6) is 0 Å². The molecule has 1 heterocycles. The van der Waals surface area contributed by atoms with Gasteiger partial charge < -0.3 is 14.2 Å². The van der Waals surface area contributed by atoms with Gasteiger partial charge in [-0.15, -0.1) is 6.58 Å². The quantitative estimate of drug-likeness (QED) is 0.508. The SMILES string of the molecule is C=CCCC(CC(=O)OC)O[C@@H]1CCCCO1. The van der Waals surface area contributed by atoms with Gasteiger partial charge in [-0.1, -0.05) is 6.08 Å². The highest BCUT2D eigenvalue weighted by Gasteiger charge is 2.21. The number of carbonyl (C=O) groups excluding carboxylic acids is 1. The molecule has 0 amide bonds. The lowest BCUT2D eigenvalue weighted by atomic mass is 10.1. The summed E-state index contributed by atoms with van der Waals surface area (Å²) in [6.45, 7) is 4.42. The minimum absolute atomic E-state index is 0.136. The van der Waals surface area contributed by atoms with Gasteiger partial charge in [-0.25, -0.2) is 0 Å². The minimum Gasteiger partial charge on any atom is -0.469 e. The molecule has 0 spiro atoms. The van der Waals surface area contributed by atoms with Gasteiger partial charge in [0.2, 0.25) is 0 Å². The molecule has 2 atom stereocenters. The molecule has 0 N–H and O–H groups in total. The Labute approximate surface area is 103 Å². The van der Waals surface area contributed by atoms with Crippen LogP contribution < -0.4 is 0 Å². The van der Waals surface area contributed by atoms with Gasteiger partial charge in [0.05, 0.1) is 19.6 Å². The molecule has 0 aromatic heterocycles. The lowest BCUT2D eigenvalue weighted by Gasteiger charge is -2.27. The maximum atomic E-state index is 11.3. The highest BCUT2D eigenvalue weighted by atomic mass is 16.7.